The van der Waals surface area contributed by atoms with Gasteiger partial charge in [0.15, 0.2) is 0 Å². The molecule has 0 unspecified atom stereocenters. The Morgan fingerprint density at radius 1 is 1.83 bits per heavy atom. The second kappa shape index (κ2) is 4.95. The smallest absolute Gasteiger partial charge is 0.150 e. The van der Waals surface area contributed by atoms with E-state index in [1.807, 2.05) is 13.0 Å². The van der Waals surface area contributed by atoms with Gasteiger partial charge in [0.2, 0.25) is 0 Å². The van der Waals surface area contributed by atoms with Gasteiger partial charge in [0, 0.05) is 18.1 Å². The zero-order valence-electron chi connectivity index (χ0n) is 6.88. The molecule has 1 aromatic rings. The molecular formula is C8H11ClN2O. The van der Waals surface area contributed by atoms with E-state index < -0.39 is 0 Å². The average Bonchev–Trinajstić information content (AvgIpc) is 2.57. The van der Waals surface area contributed by atoms with Crippen LogP contribution in [-0.4, -0.2) is 11.7 Å². The molecule has 0 radical (unpaired) electrons. The van der Waals surface area contributed by atoms with E-state index in [4.69, 9.17) is 16.1 Å². The lowest BCUT2D eigenvalue weighted by Gasteiger charge is -2.00. The highest BCUT2D eigenvalue weighted by atomic mass is 35.5. The predicted octanol–water partition coefficient (Wildman–Crippen LogP) is 1.91. The molecule has 0 amide bonds. The van der Waals surface area contributed by atoms with Crippen molar-refractivity contribution in [1.29, 1.82) is 0 Å². The van der Waals surface area contributed by atoms with E-state index in [0.717, 1.165) is 17.9 Å². The molecule has 1 N–H and O–H groups in total. The summed E-state index contributed by atoms with van der Waals surface area (Å²) in [6, 6.07) is 1.83. The van der Waals surface area contributed by atoms with Crippen LogP contribution in [0, 0.1) is 0 Å². The van der Waals surface area contributed by atoms with Crippen LogP contribution in [0.4, 0.5) is 0 Å². The van der Waals surface area contributed by atoms with Crippen molar-refractivity contribution in [3.8, 4) is 0 Å². The normalized spacial score (nSPS) is 12.0. The van der Waals surface area contributed by atoms with Crippen molar-refractivity contribution in [2.24, 2.45) is 0 Å². The number of rotatable bonds is 4. The number of nitrogens with one attached hydrogen (secondary N) is 1. The number of nitrogens with zero attached hydrogens (tertiary/aromatic N) is 1. The Hall–Kier alpha value is -0.800. The Morgan fingerprint density at radius 3 is 3.25 bits per heavy atom. The molecule has 1 rings (SSSR count). The third-order valence-corrected chi connectivity index (χ3v) is 1.75. The van der Waals surface area contributed by atoms with Crippen molar-refractivity contribution in [2.75, 3.05) is 6.54 Å². The van der Waals surface area contributed by atoms with Crippen molar-refractivity contribution in [3.05, 3.63) is 29.1 Å². The molecule has 0 aromatic carbocycles. The first-order valence-electron chi connectivity index (χ1n) is 3.69. The summed E-state index contributed by atoms with van der Waals surface area (Å²) in [5.41, 5.74) is 2.66. The van der Waals surface area contributed by atoms with Gasteiger partial charge in [-0.2, -0.15) is 0 Å². The quantitative estimate of drug-likeness (QED) is 0.781. The largest absolute Gasteiger partial charge is 0.360 e. The zero-order chi connectivity index (χ0) is 8.81. The molecule has 0 bridgehead atoms. The molecule has 1 aromatic heterocycles. The molecule has 0 aliphatic carbocycles. The molecule has 4 heteroatoms. The van der Waals surface area contributed by atoms with E-state index in [1.54, 1.807) is 11.7 Å². The predicted molar refractivity (Wildman–Crippen MR) is 47.8 cm³/mol. The fourth-order valence-corrected chi connectivity index (χ4v) is 0.832. The summed E-state index contributed by atoms with van der Waals surface area (Å²) in [7, 11) is 0. The fraction of sp³-hybridized carbons (Fsp3) is 0.375. The summed E-state index contributed by atoms with van der Waals surface area (Å²) < 4.78 is 4.88. The van der Waals surface area contributed by atoms with Gasteiger partial charge in [0.05, 0.1) is 12.7 Å². The molecule has 0 aliphatic rings. The summed E-state index contributed by atoms with van der Waals surface area (Å²) in [6.07, 6.45) is 1.63. The molecule has 3 nitrogen and oxygen atoms in total. The highest BCUT2D eigenvalue weighted by molar-refractivity contribution is 6.25. The van der Waals surface area contributed by atoms with Crippen molar-refractivity contribution < 1.29 is 4.52 Å². The minimum absolute atomic E-state index is 0.683. The lowest BCUT2D eigenvalue weighted by atomic mass is 10.3. The van der Waals surface area contributed by atoms with Crippen molar-refractivity contribution in [1.82, 2.24) is 10.5 Å². The first kappa shape index (κ1) is 9.29. The first-order valence-corrected chi connectivity index (χ1v) is 4.12. The van der Waals surface area contributed by atoms with Crippen LogP contribution in [-0.2, 0) is 6.54 Å². The van der Waals surface area contributed by atoms with Gasteiger partial charge < -0.3 is 9.84 Å². The van der Waals surface area contributed by atoms with Gasteiger partial charge in [-0.15, -0.1) is 0 Å². The van der Waals surface area contributed by atoms with Crippen LogP contribution in [0.2, 0.25) is 0 Å². The lowest BCUT2D eigenvalue weighted by molar-refractivity contribution is 0.375. The molecule has 0 atom stereocenters. The summed E-state index contributed by atoms with van der Waals surface area (Å²) in [6.45, 7) is 3.41. The molecular weight excluding hydrogens is 176 g/mol. The molecule has 0 spiro atoms. The molecule has 66 valence electrons. The van der Waals surface area contributed by atoms with Crippen molar-refractivity contribution in [3.63, 3.8) is 0 Å². The van der Waals surface area contributed by atoms with Crippen LogP contribution in [0.3, 0.4) is 0 Å². The number of hydrogen-bond donors (Lipinski definition) is 1. The van der Waals surface area contributed by atoms with Crippen LogP contribution in [0.25, 0.3) is 0 Å². The minimum atomic E-state index is 0.683. The standard InChI is InChI=1S/C8H11ClN2O/c1-7(4-9)5-10-6-8-2-3-11-12-8/h2-4,10H,5-6H2,1H3. The van der Waals surface area contributed by atoms with E-state index in [2.05, 4.69) is 10.5 Å². The molecule has 0 saturated heterocycles. The van der Waals surface area contributed by atoms with Gasteiger partial charge in [-0.1, -0.05) is 16.8 Å². The molecule has 12 heavy (non-hydrogen) atoms. The molecule has 1 heterocycles. The van der Waals surface area contributed by atoms with Crippen LogP contribution in [0.1, 0.15) is 12.7 Å². The Morgan fingerprint density at radius 2 is 2.67 bits per heavy atom. The van der Waals surface area contributed by atoms with Crippen LogP contribution >= 0.6 is 11.6 Å². The third-order valence-electron chi connectivity index (χ3n) is 1.38. The Bertz CT molecular complexity index is 244. The SMILES string of the molecule is CC(=CCl)CNCc1ccno1. The van der Waals surface area contributed by atoms with Gasteiger partial charge in [0.1, 0.15) is 5.76 Å². The number of hydrogen-bond acceptors (Lipinski definition) is 3. The Labute approximate surface area is 76.4 Å². The van der Waals surface area contributed by atoms with Crippen LogP contribution in [0.15, 0.2) is 27.9 Å². The van der Waals surface area contributed by atoms with Crippen LogP contribution in [0.5, 0.6) is 0 Å². The highest BCUT2D eigenvalue weighted by Crippen LogP contribution is 1.97. The molecule has 0 fully saturated rings. The maximum absolute atomic E-state index is 5.47. The second-order valence-electron chi connectivity index (χ2n) is 2.54. The van der Waals surface area contributed by atoms with E-state index >= 15 is 0 Å². The monoisotopic (exact) mass is 186 g/mol. The zero-order valence-corrected chi connectivity index (χ0v) is 7.64. The summed E-state index contributed by atoms with van der Waals surface area (Å²) in [5, 5.41) is 6.74. The van der Waals surface area contributed by atoms with Gasteiger partial charge >= 0.3 is 0 Å². The van der Waals surface area contributed by atoms with Gasteiger partial charge in [-0.05, 0) is 12.5 Å². The van der Waals surface area contributed by atoms with E-state index in [9.17, 15) is 0 Å². The summed E-state index contributed by atoms with van der Waals surface area (Å²) >= 11 is 5.47. The maximum atomic E-state index is 5.47. The summed E-state index contributed by atoms with van der Waals surface area (Å²) in [4.78, 5) is 0. The second-order valence-corrected chi connectivity index (χ2v) is 2.76. The first-order chi connectivity index (χ1) is 5.83. The molecule has 0 saturated carbocycles. The fourth-order valence-electron chi connectivity index (χ4n) is 0.755. The van der Waals surface area contributed by atoms with Gasteiger partial charge in [0.25, 0.3) is 0 Å². The van der Waals surface area contributed by atoms with E-state index in [0.29, 0.717) is 6.54 Å². The summed E-state index contributed by atoms with van der Waals surface area (Å²) in [5.74, 6) is 0.831. The van der Waals surface area contributed by atoms with E-state index in [-0.39, 0.29) is 0 Å². The van der Waals surface area contributed by atoms with Crippen molar-refractivity contribution in [2.45, 2.75) is 13.5 Å². The highest BCUT2D eigenvalue weighted by Gasteiger charge is 1.95. The number of halogens is 1. The van der Waals surface area contributed by atoms with Gasteiger partial charge in [-0.3, -0.25) is 0 Å². The molecule has 0 aliphatic heterocycles. The van der Waals surface area contributed by atoms with E-state index in [1.165, 1.54) is 0 Å². The van der Waals surface area contributed by atoms with Crippen molar-refractivity contribution >= 4 is 11.6 Å². The maximum Gasteiger partial charge on any atom is 0.150 e. The topological polar surface area (TPSA) is 38.1 Å². The number of aromatic nitrogens is 1. The van der Waals surface area contributed by atoms with Gasteiger partial charge in [-0.25, -0.2) is 0 Å². The average molecular weight is 187 g/mol. The Balaban J connectivity index is 2.19. The Kier molecular flexibility index (Phi) is 3.84. The third kappa shape index (κ3) is 3.07. The lowest BCUT2D eigenvalue weighted by Crippen LogP contribution is -2.14. The van der Waals surface area contributed by atoms with Crippen LogP contribution < -0.4 is 5.32 Å². The minimum Gasteiger partial charge on any atom is -0.360 e.